The minimum atomic E-state index is -0.562. The molecule has 0 aliphatic rings. The molecule has 22 heavy (non-hydrogen) atoms. The van der Waals surface area contributed by atoms with Gasteiger partial charge in [0.15, 0.2) is 0 Å². The van der Waals surface area contributed by atoms with E-state index in [9.17, 15) is 14.4 Å². The minimum absolute atomic E-state index is 0.0469. The minimum Gasteiger partial charge on any atom is -0.466 e. The number of ether oxygens (including phenoxy) is 1. The molecule has 0 atom stereocenters. The van der Waals surface area contributed by atoms with Gasteiger partial charge in [0.05, 0.1) is 6.61 Å². The summed E-state index contributed by atoms with van der Waals surface area (Å²) < 4.78 is 4.70. The number of benzene rings is 1. The van der Waals surface area contributed by atoms with Gasteiger partial charge in [0.25, 0.3) is 5.91 Å². The maximum Gasteiger partial charge on any atom is 0.315 e. The Bertz CT molecular complexity index is 521. The normalized spacial score (nSPS) is 9.95. The van der Waals surface area contributed by atoms with E-state index in [0.29, 0.717) is 24.3 Å². The van der Waals surface area contributed by atoms with Crippen LogP contribution in [0, 0.1) is 0 Å². The van der Waals surface area contributed by atoms with Crippen LogP contribution in [0.1, 0.15) is 37.6 Å². The highest BCUT2D eigenvalue weighted by molar-refractivity contribution is 6.02. The second-order valence-corrected chi connectivity index (χ2v) is 4.58. The van der Waals surface area contributed by atoms with Gasteiger partial charge in [0.1, 0.15) is 6.42 Å². The van der Waals surface area contributed by atoms with Crippen LogP contribution in [0.2, 0.25) is 0 Å². The van der Waals surface area contributed by atoms with Crippen LogP contribution in [0.25, 0.3) is 0 Å². The van der Waals surface area contributed by atoms with Crippen molar-refractivity contribution in [1.82, 2.24) is 4.90 Å². The van der Waals surface area contributed by atoms with Gasteiger partial charge in [-0.3, -0.25) is 14.4 Å². The molecule has 1 rings (SSSR count). The van der Waals surface area contributed by atoms with Crippen LogP contribution in [0.15, 0.2) is 24.3 Å². The van der Waals surface area contributed by atoms with Gasteiger partial charge < -0.3 is 15.0 Å². The van der Waals surface area contributed by atoms with Crippen molar-refractivity contribution in [3.8, 4) is 0 Å². The third kappa shape index (κ3) is 5.20. The molecule has 0 saturated carbocycles. The molecular formula is C16H22N2O4. The SMILES string of the molecule is CCOC(=O)CC(=O)Nc1ccc(C(=O)N(CC)CC)cc1. The molecule has 1 N–H and O–H groups in total. The van der Waals surface area contributed by atoms with Crippen molar-refractivity contribution in [2.24, 2.45) is 0 Å². The van der Waals surface area contributed by atoms with E-state index in [1.807, 2.05) is 13.8 Å². The second kappa shape index (κ2) is 8.81. The second-order valence-electron chi connectivity index (χ2n) is 4.58. The van der Waals surface area contributed by atoms with Crippen molar-refractivity contribution < 1.29 is 19.1 Å². The first-order valence-corrected chi connectivity index (χ1v) is 7.36. The van der Waals surface area contributed by atoms with Crippen molar-refractivity contribution in [3.05, 3.63) is 29.8 Å². The molecule has 1 aromatic rings. The molecule has 1 aromatic carbocycles. The van der Waals surface area contributed by atoms with Crippen LogP contribution >= 0.6 is 0 Å². The Morgan fingerprint density at radius 1 is 1.05 bits per heavy atom. The van der Waals surface area contributed by atoms with Crippen LogP contribution in [0.4, 0.5) is 5.69 Å². The first-order chi connectivity index (χ1) is 10.5. The van der Waals surface area contributed by atoms with Gasteiger partial charge in [-0.05, 0) is 45.0 Å². The summed E-state index contributed by atoms with van der Waals surface area (Å²) >= 11 is 0. The smallest absolute Gasteiger partial charge is 0.315 e. The van der Waals surface area contributed by atoms with Gasteiger partial charge >= 0.3 is 5.97 Å². The van der Waals surface area contributed by atoms with E-state index >= 15 is 0 Å². The van der Waals surface area contributed by atoms with Gasteiger partial charge in [-0.15, -0.1) is 0 Å². The molecule has 6 heteroatoms. The standard InChI is InChI=1S/C16H22N2O4/c1-4-18(5-2)16(21)12-7-9-13(10-8-12)17-14(19)11-15(20)22-6-3/h7-10H,4-6,11H2,1-3H3,(H,17,19). The highest BCUT2D eigenvalue weighted by Crippen LogP contribution is 2.12. The molecule has 0 spiro atoms. The van der Waals surface area contributed by atoms with Gasteiger partial charge in [-0.2, -0.15) is 0 Å². The number of hydrogen-bond acceptors (Lipinski definition) is 4. The van der Waals surface area contributed by atoms with E-state index < -0.39 is 11.9 Å². The first-order valence-electron chi connectivity index (χ1n) is 7.36. The molecule has 0 saturated heterocycles. The van der Waals surface area contributed by atoms with Crippen molar-refractivity contribution in [1.29, 1.82) is 0 Å². The number of esters is 1. The average molecular weight is 306 g/mol. The Morgan fingerprint density at radius 3 is 2.14 bits per heavy atom. The lowest BCUT2D eigenvalue weighted by atomic mass is 10.1. The van der Waals surface area contributed by atoms with Crippen molar-refractivity contribution in [3.63, 3.8) is 0 Å². The average Bonchev–Trinajstić information content (AvgIpc) is 2.49. The number of anilines is 1. The third-order valence-electron chi connectivity index (χ3n) is 3.08. The summed E-state index contributed by atoms with van der Waals surface area (Å²) in [7, 11) is 0. The Balaban J connectivity index is 2.63. The number of nitrogens with one attached hydrogen (secondary N) is 1. The molecule has 0 aliphatic carbocycles. The predicted octanol–water partition coefficient (Wildman–Crippen LogP) is 2.06. The summed E-state index contributed by atoms with van der Waals surface area (Å²) in [5.74, 6) is -1.05. The molecule has 120 valence electrons. The number of amides is 2. The van der Waals surface area contributed by atoms with Crippen LogP contribution in [-0.4, -0.2) is 42.4 Å². The Kier molecular flexibility index (Phi) is 7.08. The van der Waals surface area contributed by atoms with E-state index in [0.717, 1.165) is 0 Å². The zero-order valence-corrected chi connectivity index (χ0v) is 13.2. The summed E-state index contributed by atoms with van der Waals surface area (Å²) in [5, 5.41) is 2.59. The fourth-order valence-corrected chi connectivity index (χ4v) is 1.94. The zero-order chi connectivity index (χ0) is 16.5. The first kappa shape index (κ1) is 17.7. The molecule has 2 amide bonds. The predicted molar refractivity (Wildman–Crippen MR) is 83.6 cm³/mol. The number of hydrogen-bond donors (Lipinski definition) is 1. The lowest BCUT2D eigenvalue weighted by Crippen LogP contribution is -2.30. The van der Waals surface area contributed by atoms with E-state index in [1.54, 1.807) is 36.1 Å². The number of carbonyl (C=O) groups excluding carboxylic acids is 3. The molecule has 0 unspecified atom stereocenters. The topological polar surface area (TPSA) is 75.7 Å². The Hall–Kier alpha value is -2.37. The highest BCUT2D eigenvalue weighted by atomic mass is 16.5. The molecule has 6 nitrogen and oxygen atoms in total. The maximum absolute atomic E-state index is 12.1. The third-order valence-corrected chi connectivity index (χ3v) is 3.08. The highest BCUT2D eigenvalue weighted by Gasteiger charge is 2.13. The Labute approximate surface area is 130 Å². The summed E-state index contributed by atoms with van der Waals surface area (Å²) in [6.07, 6.45) is -0.325. The number of carbonyl (C=O) groups is 3. The fraction of sp³-hybridized carbons (Fsp3) is 0.438. The van der Waals surface area contributed by atoms with Crippen LogP contribution < -0.4 is 5.32 Å². The molecule has 0 radical (unpaired) electrons. The zero-order valence-electron chi connectivity index (χ0n) is 13.2. The van der Waals surface area contributed by atoms with Crippen LogP contribution in [0.3, 0.4) is 0 Å². The largest absolute Gasteiger partial charge is 0.466 e. The molecular weight excluding hydrogens is 284 g/mol. The van der Waals surface area contributed by atoms with Gasteiger partial charge in [-0.25, -0.2) is 0 Å². The summed E-state index contributed by atoms with van der Waals surface area (Å²) in [5.41, 5.74) is 1.09. The van der Waals surface area contributed by atoms with Crippen LogP contribution in [-0.2, 0) is 14.3 Å². The van der Waals surface area contributed by atoms with Crippen molar-refractivity contribution in [2.75, 3.05) is 25.0 Å². The monoisotopic (exact) mass is 306 g/mol. The molecule has 0 bridgehead atoms. The molecule has 0 aliphatic heterocycles. The lowest BCUT2D eigenvalue weighted by Gasteiger charge is -2.18. The van der Waals surface area contributed by atoms with Gasteiger partial charge in [0, 0.05) is 24.3 Å². The fourth-order valence-electron chi connectivity index (χ4n) is 1.94. The van der Waals surface area contributed by atoms with E-state index in [4.69, 9.17) is 4.74 Å². The lowest BCUT2D eigenvalue weighted by molar-refractivity contribution is -0.145. The van der Waals surface area contributed by atoms with E-state index in [2.05, 4.69) is 5.32 Å². The van der Waals surface area contributed by atoms with E-state index in [1.165, 1.54) is 0 Å². The van der Waals surface area contributed by atoms with Gasteiger partial charge in [0.2, 0.25) is 5.91 Å². The summed E-state index contributed by atoms with van der Waals surface area (Å²) in [6, 6.07) is 6.58. The quantitative estimate of drug-likeness (QED) is 0.618. The number of rotatable bonds is 7. The molecule has 0 heterocycles. The van der Waals surface area contributed by atoms with E-state index in [-0.39, 0.29) is 18.9 Å². The van der Waals surface area contributed by atoms with Crippen molar-refractivity contribution in [2.45, 2.75) is 27.2 Å². The maximum atomic E-state index is 12.1. The number of nitrogens with zero attached hydrogens (tertiary/aromatic N) is 1. The summed E-state index contributed by atoms with van der Waals surface area (Å²) in [6.45, 7) is 7.06. The molecule has 0 aromatic heterocycles. The van der Waals surface area contributed by atoms with Crippen molar-refractivity contribution >= 4 is 23.5 Å². The van der Waals surface area contributed by atoms with Gasteiger partial charge in [-0.1, -0.05) is 0 Å². The van der Waals surface area contributed by atoms with Crippen LogP contribution in [0.5, 0.6) is 0 Å². The Morgan fingerprint density at radius 2 is 1.64 bits per heavy atom. The summed E-state index contributed by atoms with van der Waals surface area (Å²) in [4.78, 5) is 36.7. The molecule has 0 fully saturated rings.